The molecule has 0 aliphatic carbocycles. The van der Waals surface area contributed by atoms with Crippen molar-refractivity contribution >= 4 is 21.9 Å². The largest absolute Gasteiger partial charge is 0.481 e. The molecule has 0 aromatic carbocycles. The summed E-state index contributed by atoms with van der Waals surface area (Å²) >= 11 is 2.94. The molecule has 0 spiro atoms. The van der Waals surface area contributed by atoms with Crippen molar-refractivity contribution in [3.05, 3.63) is 16.4 Å². The molecule has 0 fully saturated rings. The Balaban J connectivity index is 2.98. The average Bonchev–Trinajstić information content (AvgIpc) is 2.45. The highest BCUT2D eigenvalue weighted by Crippen LogP contribution is 2.29. The summed E-state index contributed by atoms with van der Waals surface area (Å²) in [6.07, 6.45) is -1.69. The summed E-state index contributed by atoms with van der Waals surface area (Å²) in [5.41, 5.74) is -0.288. The Hall–Kier alpha value is -0.980. The van der Waals surface area contributed by atoms with Crippen LogP contribution in [-0.4, -0.2) is 20.9 Å². The van der Waals surface area contributed by atoms with E-state index >= 15 is 0 Å². The Morgan fingerprint density at radius 3 is 2.80 bits per heavy atom. The van der Waals surface area contributed by atoms with E-state index in [1.54, 1.807) is 0 Å². The molecule has 1 atom stereocenters. The van der Waals surface area contributed by atoms with Gasteiger partial charge in [-0.05, 0) is 22.9 Å². The van der Waals surface area contributed by atoms with Crippen LogP contribution < -0.4 is 0 Å². The predicted molar refractivity (Wildman–Crippen MR) is 51.8 cm³/mol. The van der Waals surface area contributed by atoms with Crippen molar-refractivity contribution in [3.63, 3.8) is 0 Å². The Bertz CT molecular complexity index is 368. The molecule has 1 heterocycles. The zero-order chi connectivity index (χ0) is 11.6. The number of nitrogens with zero attached hydrogens (tertiary/aromatic N) is 2. The molecule has 0 bridgehead atoms. The first-order valence-corrected chi connectivity index (χ1v) is 4.95. The highest BCUT2D eigenvalue weighted by molar-refractivity contribution is 9.10. The van der Waals surface area contributed by atoms with Crippen molar-refractivity contribution in [1.82, 2.24) is 9.78 Å². The zero-order valence-corrected chi connectivity index (χ0v) is 9.41. The zero-order valence-electron chi connectivity index (χ0n) is 7.82. The second-order valence-corrected chi connectivity index (χ2v) is 3.92. The minimum atomic E-state index is -2.68. The van der Waals surface area contributed by atoms with Gasteiger partial charge in [-0.3, -0.25) is 9.48 Å². The smallest absolute Gasteiger partial charge is 0.305 e. The summed E-state index contributed by atoms with van der Waals surface area (Å²) in [5, 5.41) is 12.3. The summed E-state index contributed by atoms with van der Waals surface area (Å²) < 4.78 is 26.4. The summed E-state index contributed by atoms with van der Waals surface area (Å²) in [4.78, 5) is 10.4. The number of halogens is 3. The Labute approximate surface area is 93.0 Å². The average molecular weight is 283 g/mol. The predicted octanol–water partition coefficient (Wildman–Crippen LogP) is 2.62. The number of aliphatic carboxylic acids is 1. The Morgan fingerprint density at radius 2 is 2.33 bits per heavy atom. The molecular formula is C8H9BrF2N2O2. The lowest BCUT2D eigenvalue weighted by atomic mass is 10.2. The molecule has 4 nitrogen and oxygen atoms in total. The summed E-state index contributed by atoms with van der Waals surface area (Å²) in [7, 11) is 0. The third-order valence-corrected chi connectivity index (χ3v) is 2.49. The van der Waals surface area contributed by atoms with E-state index in [9.17, 15) is 13.6 Å². The van der Waals surface area contributed by atoms with Crippen LogP contribution in [0.4, 0.5) is 8.78 Å². The van der Waals surface area contributed by atoms with Crippen LogP contribution in [0.25, 0.3) is 0 Å². The molecule has 1 N–H and O–H groups in total. The molecule has 0 aliphatic heterocycles. The number of rotatable bonds is 4. The number of carboxylic acids is 1. The minimum absolute atomic E-state index is 0.190. The molecule has 0 radical (unpaired) electrons. The lowest BCUT2D eigenvalue weighted by Crippen LogP contribution is -2.14. The summed E-state index contributed by atoms with van der Waals surface area (Å²) in [6, 6.07) is -0.599. The van der Waals surface area contributed by atoms with Crippen LogP contribution >= 0.6 is 15.9 Å². The quantitative estimate of drug-likeness (QED) is 0.924. The van der Waals surface area contributed by atoms with E-state index in [2.05, 4.69) is 21.0 Å². The maximum absolute atomic E-state index is 12.6. The molecule has 15 heavy (non-hydrogen) atoms. The van der Waals surface area contributed by atoms with E-state index in [1.165, 1.54) is 13.1 Å². The van der Waals surface area contributed by atoms with Crippen LogP contribution in [0.1, 0.15) is 31.5 Å². The number of hydrogen-bond donors (Lipinski definition) is 1. The number of aromatic nitrogens is 2. The first-order valence-electron chi connectivity index (χ1n) is 4.16. The van der Waals surface area contributed by atoms with Gasteiger partial charge in [0.1, 0.15) is 5.69 Å². The number of alkyl halides is 2. The molecule has 0 saturated heterocycles. The van der Waals surface area contributed by atoms with Crippen molar-refractivity contribution in [1.29, 1.82) is 0 Å². The van der Waals surface area contributed by atoms with Crippen LogP contribution in [0.5, 0.6) is 0 Å². The third-order valence-electron chi connectivity index (χ3n) is 1.88. The van der Waals surface area contributed by atoms with Crippen LogP contribution in [0.15, 0.2) is 10.7 Å². The topological polar surface area (TPSA) is 55.1 Å². The fourth-order valence-corrected chi connectivity index (χ4v) is 1.69. The lowest BCUT2D eigenvalue weighted by molar-refractivity contribution is -0.137. The Morgan fingerprint density at radius 1 is 1.73 bits per heavy atom. The van der Waals surface area contributed by atoms with Gasteiger partial charge in [0.2, 0.25) is 0 Å². The number of carboxylic acid groups (broad SMARTS) is 1. The molecule has 1 aromatic heterocycles. The highest BCUT2D eigenvalue weighted by atomic mass is 79.9. The highest BCUT2D eigenvalue weighted by Gasteiger charge is 2.22. The van der Waals surface area contributed by atoms with E-state index in [0.717, 1.165) is 4.68 Å². The minimum Gasteiger partial charge on any atom is -0.481 e. The number of hydrogen-bond acceptors (Lipinski definition) is 2. The van der Waals surface area contributed by atoms with Crippen LogP contribution in [0.2, 0.25) is 0 Å². The van der Waals surface area contributed by atoms with Gasteiger partial charge in [0, 0.05) is 0 Å². The molecule has 0 unspecified atom stereocenters. The molecular weight excluding hydrogens is 274 g/mol. The first-order chi connectivity index (χ1) is 6.93. The van der Waals surface area contributed by atoms with Gasteiger partial charge in [0.25, 0.3) is 6.43 Å². The van der Waals surface area contributed by atoms with Gasteiger partial charge in [-0.2, -0.15) is 5.10 Å². The normalized spacial score (nSPS) is 13.1. The van der Waals surface area contributed by atoms with Gasteiger partial charge in [-0.1, -0.05) is 0 Å². The van der Waals surface area contributed by atoms with Crippen molar-refractivity contribution in [3.8, 4) is 0 Å². The van der Waals surface area contributed by atoms with Gasteiger partial charge < -0.3 is 5.11 Å². The molecule has 0 aliphatic rings. The van der Waals surface area contributed by atoms with Gasteiger partial charge in [-0.25, -0.2) is 8.78 Å². The van der Waals surface area contributed by atoms with E-state index in [0.29, 0.717) is 0 Å². The molecule has 0 saturated carbocycles. The molecule has 1 aromatic rings. The molecule has 1 rings (SSSR count). The van der Waals surface area contributed by atoms with E-state index in [4.69, 9.17) is 5.11 Å². The van der Waals surface area contributed by atoms with Gasteiger partial charge in [-0.15, -0.1) is 0 Å². The molecule has 84 valence electrons. The molecule has 7 heteroatoms. The van der Waals surface area contributed by atoms with Crippen molar-refractivity contribution in [2.75, 3.05) is 0 Å². The van der Waals surface area contributed by atoms with Gasteiger partial charge >= 0.3 is 5.97 Å². The monoisotopic (exact) mass is 282 g/mol. The maximum Gasteiger partial charge on any atom is 0.305 e. The van der Waals surface area contributed by atoms with Crippen molar-refractivity contribution in [2.24, 2.45) is 0 Å². The van der Waals surface area contributed by atoms with E-state index < -0.39 is 18.4 Å². The summed E-state index contributed by atoms with van der Waals surface area (Å²) in [6.45, 7) is 1.53. The fourth-order valence-electron chi connectivity index (χ4n) is 1.25. The maximum atomic E-state index is 12.6. The van der Waals surface area contributed by atoms with E-state index in [-0.39, 0.29) is 16.6 Å². The van der Waals surface area contributed by atoms with Crippen molar-refractivity contribution in [2.45, 2.75) is 25.8 Å². The van der Waals surface area contributed by atoms with Gasteiger partial charge in [0.15, 0.2) is 0 Å². The lowest BCUT2D eigenvalue weighted by Gasteiger charge is -2.13. The Kier molecular flexibility index (Phi) is 3.78. The second kappa shape index (κ2) is 4.69. The summed E-state index contributed by atoms with van der Waals surface area (Å²) in [5.74, 6) is -1.05. The fraction of sp³-hybridized carbons (Fsp3) is 0.500. The number of carbonyl (C=O) groups is 1. The standard InChI is InChI=1S/C8H9BrF2N2O2/c1-4(2-6(14)15)13-7(8(10)11)5(9)3-12-13/h3-4,8H,2H2,1H3,(H,14,15)/t4-/m1/s1. The third kappa shape index (κ3) is 2.74. The van der Waals surface area contributed by atoms with Crippen LogP contribution in [0.3, 0.4) is 0 Å². The van der Waals surface area contributed by atoms with Crippen LogP contribution in [0, 0.1) is 0 Å². The van der Waals surface area contributed by atoms with E-state index in [1.807, 2.05) is 0 Å². The SMILES string of the molecule is C[C@H](CC(=O)O)n1ncc(Br)c1C(F)F. The van der Waals surface area contributed by atoms with Crippen LogP contribution in [-0.2, 0) is 4.79 Å². The second-order valence-electron chi connectivity index (χ2n) is 3.07. The molecule has 0 amide bonds. The van der Waals surface area contributed by atoms with Gasteiger partial charge in [0.05, 0.1) is 23.1 Å². The van der Waals surface area contributed by atoms with Crippen molar-refractivity contribution < 1.29 is 18.7 Å². The first kappa shape index (κ1) is 12.1.